The summed E-state index contributed by atoms with van der Waals surface area (Å²) < 4.78 is 44.0. The highest BCUT2D eigenvalue weighted by Crippen LogP contribution is 2.28. The van der Waals surface area contributed by atoms with Crippen LogP contribution in [0.25, 0.3) is 28.3 Å². The van der Waals surface area contributed by atoms with Gasteiger partial charge in [0.2, 0.25) is 5.82 Å². The molecule has 10 nitrogen and oxygen atoms in total. The maximum absolute atomic E-state index is 13.7. The number of aromatic amines is 1. The van der Waals surface area contributed by atoms with Gasteiger partial charge in [0.25, 0.3) is 5.78 Å². The van der Waals surface area contributed by atoms with Crippen molar-refractivity contribution in [1.82, 2.24) is 39.3 Å². The highest BCUT2D eigenvalue weighted by Gasteiger charge is 2.41. The fourth-order valence-electron chi connectivity index (χ4n) is 4.64. The fourth-order valence-corrected chi connectivity index (χ4v) is 4.64. The maximum atomic E-state index is 13.7. The number of hydrogen-bond donors (Lipinski definition) is 1. The molecule has 13 heteroatoms. The monoisotopic (exact) mass is 550 g/mol. The highest BCUT2D eigenvalue weighted by molar-refractivity contribution is 6.03. The number of carbonyl (C=O) groups is 1. The van der Waals surface area contributed by atoms with Crippen molar-refractivity contribution in [2.45, 2.75) is 38.9 Å². The number of hydrogen-bond acceptors (Lipinski definition) is 6. The molecule has 0 aliphatic rings. The standard InChI is InChI=1S/C27H25F3N8O2/c1-3-4-5-20-16-38(25-22(11-13-36(25)2)23(39)27(28,29)30)26(40)37(20)15-19-14-31-12-10-21(19)17-6-8-18(9-7-17)24-32-34-35-33-24/h6-14,16H,3-5,15H2,1-2H3,(H,32,33,34,35). The summed E-state index contributed by atoms with van der Waals surface area (Å²) in [6.45, 7) is 2.14. The van der Waals surface area contributed by atoms with Crippen molar-refractivity contribution in [2.75, 3.05) is 0 Å². The predicted octanol–water partition coefficient (Wildman–Crippen LogP) is 4.36. The number of carbonyl (C=O) groups excluding carboxylic acids is 1. The molecule has 0 unspecified atom stereocenters. The minimum atomic E-state index is -5.07. The number of ketones is 1. The zero-order chi connectivity index (χ0) is 28.4. The lowest BCUT2D eigenvalue weighted by molar-refractivity contribution is -0.0885. The van der Waals surface area contributed by atoms with E-state index in [2.05, 4.69) is 25.6 Å². The summed E-state index contributed by atoms with van der Waals surface area (Å²) in [5, 5.41) is 14.0. The highest BCUT2D eigenvalue weighted by atomic mass is 19.4. The number of Topliss-reactive ketones (excluding diaryl/α,β-unsaturated/α-hetero) is 1. The summed E-state index contributed by atoms with van der Waals surface area (Å²) in [4.78, 5) is 30.1. The van der Waals surface area contributed by atoms with Crippen LogP contribution in [0.2, 0.25) is 0 Å². The van der Waals surface area contributed by atoms with Gasteiger partial charge in [0, 0.05) is 43.1 Å². The van der Waals surface area contributed by atoms with E-state index in [9.17, 15) is 22.8 Å². The molecule has 0 amide bonds. The van der Waals surface area contributed by atoms with Crippen molar-refractivity contribution in [2.24, 2.45) is 7.05 Å². The van der Waals surface area contributed by atoms with Gasteiger partial charge >= 0.3 is 11.9 Å². The Bertz CT molecular complexity index is 1700. The van der Waals surface area contributed by atoms with Gasteiger partial charge in [0.1, 0.15) is 5.82 Å². The summed E-state index contributed by atoms with van der Waals surface area (Å²) in [6, 6.07) is 10.4. The molecule has 5 rings (SSSR count). The van der Waals surface area contributed by atoms with E-state index >= 15 is 0 Å². The average molecular weight is 551 g/mol. The third kappa shape index (κ3) is 5.09. The Morgan fingerprint density at radius 2 is 1.82 bits per heavy atom. The van der Waals surface area contributed by atoms with Gasteiger partial charge in [-0.3, -0.25) is 18.9 Å². The van der Waals surface area contributed by atoms with E-state index in [0.717, 1.165) is 45.7 Å². The zero-order valence-electron chi connectivity index (χ0n) is 21.7. The SMILES string of the molecule is CCCCc1cn(-c2c(C(=O)C(F)(F)F)ccn2C)c(=O)n1Cc1cnccc1-c1ccc(-c2nn[nH]n2)cc1. The van der Waals surface area contributed by atoms with Gasteiger partial charge in [-0.1, -0.05) is 37.6 Å². The second-order valence-corrected chi connectivity index (χ2v) is 9.30. The molecule has 0 fully saturated rings. The minimum Gasteiger partial charge on any atom is -0.336 e. The van der Waals surface area contributed by atoms with Crippen molar-refractivity contribution >= 4 is 5.78 Å². The molecular weight excluding hydrogens is 525 g/mol. The number of tetrazole rings is 1. The third-order valence-corrected chi connectivity index (χ3v) is 6.65. The second-order valence-electron chi connectivity index (χ2n) is 9.30. The number of benzene rings is 1. The number of H-pyrrole nitrogens is 1. The Morgan fingerprint density at radius 3 is 2.50 bits per heavy atom. The molecule has 0 saturated heterocycles. The fraction of sp³-hybridized carbons (Fsp3) is 0.259. The van der Waals surface area contributed by atoms with Crippen LogP contribution >= 0.6 is 0 Å². The molecule has 0 atom stereocenters. The van der Waals surface area contributed by atoms with E-state index in [1.807, 2.05) is 37.3 Å². The molecule has 206 valence electrons. The van der Waals surface area contributed by atoms with Crippen LogP contribution in [0.5, 0.6) is 0 Å². The van der Waals surface area contributed by atoms with Gasteiger partial charge < -0.3 is 4.57 Å². The smallest absolute Gasteiger partial charge is 0.336 e. The molecule has 4 heterocycles. The first kappa shape index (κ1) is 26.8. The molecule has 1 aromatic carbocycles. The van der Waals surface area contributed by atoms with Crippen LogP contribution < -0.4 is 5.69 Å². The summed E-state index contributed by atoms with van der Waals surface area (Å²) >= 11 is 0. The number of alkyl halides is 3. The lowest BCUT2D eigenvalue weighted by Gasteiger charge is -2.12. The number of unbranched alkanes of at least 4 members (excludes halogenated alkanes) is 1. The Labute approximate surface area is 226 Å². The predicted molar refractivity (Wildman–Crippen MR) is 140 cm³/mol. The number of halogens is 3. The molecule has 4 aromatic heterocycles. The van der Waals surface area contributed by atoms with E-state index in [1.54, 1.807) is 12.4 Å². The van der Waals surface area contributed by atoms with E-state index in [4.69, 9.17) is 0 Å². The first-order valence-electron chi connectivity index (χ1n) is 12.5. The number of nitrogens with zero attached hydrogens (tertiary/aromatic N) is 7. The normalized spacial score (nSPS) is 11.7. The number of rotatable bonds is 9. The molecule has 40 heavy (non-hydrogen) atoms. The number of aromatic nitrogens is 8. The van der Waals surface area contributed by atoms with Crippen LogP contribution in [-0.2, 0) is 20.0 Å². The summed E-state index contributed by atoms with van der Waals surface area (Å²) in [6.07, 6.45) is 3.25. The number of imidazole rings is 1. The molecule has 5 aromatic rings. The van der Waals surface area contributed by atoms with Crippen LogP contribution in [0.1, 0.15) is 41.4 Å². The van der Waals surface area contributed by atoms with Crippen molar-refractivity contribution in [1.29, 1.82) is 0 Å². The van der Waals surface area contributed by atoms with Gasteiger partial charge in [-0.15, -0.1) is 10.2 Å². The van der Waals surface area contributed by atoms with Crippen molar-refractivity contribution in [3.05, 3.63) is 88.5 Å². The van der Waals surface area contributed by atoms with E-state index < -0.39 is 23.2 Å². The average Bonchev–Trinajstić information content (AvgIpc) is 3.68. The van der Waals surface area contributed by atoms with Crippen LogP contribution in [0.3, 0.4) is 0 Å². The lowest BCUT2D eigenvalue weighted by Crippen LogP contribution is -2.29. The molecule has 0 bridgehead atoms. The van der Waals surface area contributed by atoms with Gasteiger partial charge in [0.15, 0.2) is 0 Å². The van der Waals surface area contributed by atoms with E-state index in [1.165, 1.54) is 28.6 Å². The Hall–Kier alpha value is -4.81. The van der Waals surface area contributed by atoms with Crippen LogP contribution in [0.4, 0.5) is 13.2 Å². The summed E-state index contributed by atoms with van der Waals surface area (Å²) in [5.41, 5.74) is 2.73. The first-order chi connectivity index (χ1) is 19.2. The Balaban J connectivity index is 1.56. The molecule has 1 N–H and O–H groups in total. The third-order valence-electron chi connectivity index (χ3n) is 6.65. The molecular formula is C27H25F3N8O2. The Kier molecular flexibility index (Phi) is 7.20. The quantitative estimate of drug-likeness (QED) is 0.273. The van der Waals surface area contributed by atoms with Crippen LogP contribution in [-0.4, -0.2) is 51.3 Å². The molecule has 0 radical (unpaired) electrons. The first-order valence-corrected chi connectivity index (χ1v) is 12.5. The van der Waals surface area contributed by atoms with Crippen LogP contribution in [0.15, 0.2) is 66.0 Å². The topological polar surface area (TPSA) is 116 Å². The Morgan fingerprint density at radius 1 is 1.07 bits per heavy atom. The van der Waals surface area contributed by atoms with Gasteiger partial charge in [0.05, 0.1) is 12.1 Å². The number of nitrogens with one attached hydrogen (secondary N) is 1. The lowest BCUT2D eigenvalue weighted by atomic mass is 10.00. The largest absolute Gasteiger partial charge is 0.455 e. The molecule has 0 aliphatic carbocycles. The molecule has 0 saturated carbocycles. The van der Waals surface area contributed by atoms with Crippen molar-refractivity contribution in [3.63, 3.8) is 0 Å². The summed E-state index contributed by atoms with van der Waals surface area (Å²) in [5.74, 6) is -1.68. The zero-order valence-corrected chi connectivity index (χ0v) is 21.7. The van der Waals surface area contributed by atoms with E-state index in [-0.39, 0.29) is 12.4 Å². The second kappa shape index (κ2) is 10.8. The maximum Gasteiger partial charge on any atom is 0.455 e. The van der Waals surface area contributed by atoms with Gasteiger partial charge in [-0.25, -0.2) is 4.79 Å². The minimum absolute atomic E-state index is 0.132. The van der Waals surface area contributed by atoms with Gasteiger partial charge in [-0.05, 0) is 46.9 Å². The number of pyridine rings is 1. The summed E-state index contributed by atoms with van der Waals surface area (Å²) in [7, 11) is 1.50. The van der Waals surface area contributed by atoms with Crippen molar-refractivity contribution in [3.8, 4) is 28.3 Å². The van der Waals surface area contributed by atoms with Crippen molar-refractivity contribution < 1.29 is 18.0 Å². The van der Waals surface area contributed by atoms with Crippen LogP contribution in [0, 0.1) is 0 Å². The number of aryl methyl sites for hydroxylation is 2. The molecule has 0 spiro atoms. The van der Waals surface area contributed by atoms with E-state index in [0.29, 0.717) is 17.9 Å². The van der Waals surface area contributed by atoms with Gasteiger partial charge in [-0.2, -0.15) is 18.4 Å². The molecule has 0 aliphatic heterocycles.